The SMILES string of the molecule is CC1CN(CCC(=O)Nc2cc(Cl)ccc2Cl)CC1N. The normalized spacial score (nSPS) is 23.0. The van der Waals surface area contributed by atoms with Crippen LogP contribution in [-0.2, 0) is 4.79 Å². The van der Waals surface area contributed by atoms with Gasteiger partial charge in [0.2, 0.25) is 5.91 Å². The van der Waals surface area contributed by atoms with Crippen LogP contribution in [0.4, 0.5) is 5.69 Å². The molecule has 2 unspecified atom stereocenters. The minimum atomic E-state index is -0.0673. The molecular formula is C14H19Cl2N3O. The van der Waals surface area contributed by atoms with Gasteiger partial charge in [-0.3, -0.25) is 4.79 Å². The Labute approximate surface area is 129 Å². The quantitative estimate of drug-likeness (QED) is 0.898. The lowest BCUT2D eigenvalue weighted by Gasteiger charge is -2.15. The predicted molar refractivity (Wildman–Crippen MR) is 83.3 cm³/mol. The molecule has 1 aromatic rings. The fraction of sp³-hybridized carbons (Fsp3) is 0.500. The number of carbonyl (C=O) groups excluding carboxylic acids is 1. The first-order valence-electron chi connectivity index (χ1n) is 6.68. The first-order chi connectivity index (χ1) is 9.45. The summed E-state index contributed by atoms with van der Waals surface area (Å²) in [6.45, 7) is 4.65. The average Bonchev–Trinajstić information content (AvgIpc) is 2.71. The van der Waals surface area contributed by atoms with Gasteiger partial charge in [-0.25, -0.2) is 0 Å². The van der Waals surface area contributed by atoms with E-state index in [2.05, 4.69) is 17.1 Å². The largest absolute Gasteiger partial charge is 0.326 e. The van der Waals surface area contributed by atoms with E-state index in [0.717, 1.165) is 13.1 Å². The van der Waals surface area contributed by atoms with Crippen molar-refractivity contribution in [2.24, 2.45) is 11.7 Å². The highest BCUT2D eigenvalue weighted by atomic mass is 35.5. The van der Waals surface area contributed by atoms with E-state index in [1.807, 2.05) is 0 Å². The second-order valence-electron chi connectivity index (χ2n) is 5.32. The molecule has 1 amide bonds. The summed E-state index contributed by atoms with van der Waals surface area (Å²) in [5, 5.41) is 3.82. The van der Waals surface area contributed by atoms with Gasteiger partial charge in [0.05, 0.1) is 10.7 Å². The third kappa shape index (κ3) is 4.09. The van der Waals surface area contributed by atoms with Crippen LogP contribution in [0.3, 0.4) is 0 Å². The lowest BCUT2D eigenvalue weighted by molar-refractivity contribution is -0.116. The van der Waals surface area contributed by atoms with E-state index in [-0.39, 0.29) is 11.9 Å². The zero-order valence-electron chi connectivity index (χ0n) is 11.4. The number of hydrogen-bond acceptors (Lipinski definition) is 3. The van der Waals surface area contributed by atoms with Gasteiger partial charge in [-0.15, -0.1) is 0 Å². The zero-order chi connectivity index (χ0) is 14.7. The van der Waals surface area contributed by atoms with E-state index in [1.54, 1.807) is 18.2 Å². The molecule has 0 aliphatic carbocycles. The number of amides is 1. The van der Waals surface area contributed by atoms with Gasteiger partial charge in [-0.2, -0.15) is 0 Å². The van der Waals surface area contributed by atoms with Crippen LogP contribution >= 0.6 is 23.2 Å². The van der Waals surface area contributed by atoms with Gasteiger partial charge < -0.3 is 16.0 Å². The summed E-state index contributed by atoms with van der Waals surface area (Å²) in [6, 6.07) is 5.21. The predicted octanol–water partition coefficient (Wildman–Crippen LogP) is 2.60. The molecule has 0 bridgehead atoms. The van der Waals surface area contributed by atoms with Gasteiger partial charge in [-0.05, 0) is 24.1 Å². The first kappa shape index (κ1) is 15.6. The molecule has 110 valence electrons. The van der Waals surface area contributed by atoms with Crippen LogP contribution in [0.1, 0.15) is 13.3 Å². The summed E-state index contributed by atoms with van der Waals surface area (Å²) in [6.07, 6.45) is 0.419. The van der Waals surface area contributed by atoms with Crippen LogP contribution in [0.2, 0.25) is 10.0 Å². The Morgan fingerprint density at radius 1 is 1.45 bits per heavy atom. The van der Waals surface area contributed by atoms with Crippen molar-refractivity contribution in [1.29, 1.82) is 0 Å². The van der Waals surface area contributed by atoms with Crippen molar-refractivity contribution in [2.75, 3.05) is 25.0 Å². The molecule has 0 radical (unpaired) electrons. The van der Waals surface area contributed by atoms with E-state index in [0.29, 0.717) is 34.6 Å². The van der Waals surface area contributed by atoms with E-state index >= 15 is 0 Å². The molecule has 1 fully saturated rings. The van der Waals surface area contributed by atoms with Crippen molar-refractivity contribution in [1.82, 2.24) is 4.90 Å². The van der Waals surface area contributed by atoms with Gasteiger partial charge in [0.1, 0.15) is 0 Å². The Hall–Kier alpha value is -0.810. The minimum Gasteiger partial charge on any atom is -0.326 e. The van der Waals surface area contributed by atoms with Crippen LogP contribution in [0.25, 0.3) is 0 Å². The van der Waals surface area contributed by atoms with Gasteiger partial charge in [0.15, 0.2) is 0 Å². The summed E-state index contributed by atoms with van der Waals surface area (Å²) in [4.78, 5) is 14.1. The first-order valence-corrected chi connectivity index (χ1v) is 7.44. The maximum Gasteiger partial charge on any atom is 0.225 e. The molecule has 1 saturated heterocycles. The minimum absolute atomic E-state index is 0.0673. The molecule has 3 N–H and O–H groups in total. The van der Waals surface area contributed by atoms with Crippen LogP contribution in [0, 0.1) is 5.92 Å². The maximum absolute atomic E-state index is 11.9. The lowest BCUT2D eigenvalue weighted by atomic mass is 10.1. The van der Waals surface area contributed by atoms with Crippen molar-refractivity contribution in [3.05, 3.63) is 28.2 Å². The van der Waals surface area contributed by atoms with Crippen LogP contribution < -0.4 is 11.1 Å². The molecule has 2 rings (SSSR count). The number of hydrogen-bond donors (Lipinski definition) is 2. The molecule has 0 spiro atoms. The fourth-order valence-corrected chi connectivity index (χ4v) is 2.68. The summed E-state index contributed by atoms with van der Waals surface area (Å²) in [5.41, 5.74) is 6.51. The highest BCUT2D eigenvalue weighted by Gasteiger charge is 2.26. The Kier molecular flexibility index (Phi) is 5.27. The van der Waals surface area contributed by atoms with E-state index < -0.39 is 0 Å². The standard InChI is InChI=1S/C14H19Cl2N3O/c1-9-7-19(8-12(9)17)5-4-14(20)18-13-6-10(15)2-3-11(13)16/h2-3,6,9,12H,4-5,7-8,17H2,1H3,(H,18,20). The van der Waals surface area contributed by atoms with Crippen molar-refractivity contribution in [3.8, 4) is 0 Å². The van der Waals surface area contributed by atoms with Crippen LogP contribution in [0.5, 0.6) is 0 Å². The molecule has 1 aromatic carbocycles. The number of carbonyl (C=O) groups is 1. The summed E-state index contributed by atoms with van der Waals surface area (Å²) >= 11 is 11.9. The molecule has 6 heteroatoms. The second-order valence-corrected chi connectivity index (χ2v) is 6.17. The molecule has 0 saturated carbocycles. The van der Waals surface area contributed by atoms with Crippen molar-refractivity contribution in [2.45, 2.75) is 19.4 Å². The molecule has 1 heterocycles. The Balaban J connectivity index is 1.82. The lowest BCUT2D eigenvalue weighted by Crippen LogP contribution is -2.30. The smallest absolute Gasteiger partial charge is 0.225 e. The van der Waals surface area contributed by atoms with Crippen molar-refractivity contribution in [3.63, 3.8) is 0 Å². The third-order valence-electron chi connectivity index (χ3n) is 3.60. The number of halogens is 2. The molecule has 2 atom stereocenters. The topological polar surface area (TPSA) is 58.4 Å². The summed E-state index contributed by atoms with van der Waals surface area (Å²) in [5.74, 6) is 0.419. The monoisotopic (exact) mass is 315 g/mol. The number of nitrogens with zero attached hydrogens (tertiary/aromatic N) is 1. The van der Waals surface area contributed by atoms with Crippen molar-refractivity contribution < 1.29 is 4.79 Å². The molecule has 20 heavy (non-hydrogen) atoms. The maximum atomic E-state index is 11.9. The van der Waals surface area contributed by atoms with Crippen LogP contribution in [-0.4, -0.2) is 36.5 Å². The van der Waals surface area contributed by atoms with Gasteiger partial charge in [0, 0.05) is 37.1 Å². The third-order valence-corrected chi connectivity index (χ3v) is 4.17. The Bertz CT molecular complexity index is 485. The fourth-order valence-electron chi connectivity index (χ4n) is 2.34. The Morgan fingerprint density at radius 3 is 2.85 bits per heavy atom. The summed E-state index contributed by atoms with van der Waals surface area (Å²) < 4.78 is 0. The molecular weight excluding hydrogens is 297 g/mol. The van der Waals surface area contributed by atoms with E-state index in [4.69, 9.17) is 28.9 Å². The number of nitrogens with one attached hydrogen (secondary N) is 1. The van der Waals surface area contributed by atoms with Crippen molar-refractivity contribution >= 4 is 34.8 Å². The van der Waals surface area contributed by atoms with Gasteiger partial charge in [-0.1, -0.05) is 30.1 Å². The zero-order valence-corrected chi connectivity index (χ0v) is 12.9. The van der Waals surface area contributed by atoms with Crippen LogP contribution in [0.15, 0.2) is 18.2 Å². The number of anilines is 1. The number of nitrogens with two attached hydrogens (primary N) is 1. The molecule has 0 aromatic heterocycles. The highest BCUT2D eigenvalue weighted by molar-refractivity contribution is 6.35. The van der Waals surface area contributed by atoms with E-state index in [1.165, 1.54) is 0 Å². The Morgan fingerprint density at radius 2 is 2.20 bits per heavy atom. The number of benzene rings is 1. The average molecular weight is 316 g/mol. The number of rotatable bonds is 4. The highest BCUT2D eigenvalue weighted by Crippen LogP contribution is 2.25. The molecule has 1 aliphatic heterocycles. The summed E-state index contributed by atoms with van der Waals surface area (Å²) in [7, 11) is 0. The van der Waals surface area contributed by atoms with E-state index in [9.17, 15) is 4.79 Å². The van der Waals surface area contributed by atoms with Gasteiger partial charge in [0.25, 0.3) is 0 Å². The molecule has 4 nitrogen and oxygen atoms in total. The van der Waals surface area contributed by atoms with Gasteiger partial charge >= 0.3 is 0 Å². The number of likely N-dealkylation sites (tertiary alicyclic amines) is 1. The second kappa shape index (κ2) is 6.76. The molecule has 1 aliphatic rings.